The quantitative estimate of drug-likeness (QED) is 0.525. The number of ether oxygens (including phenoxy) is 2. The number of halogens is 3. The number of benzene rings is 1. The molecular weight excluding hydrogens is 519 g/mol. The molecule has 2 aliphatic rings. The second-order valence-corrected chi connectivity index (χ2v) is 9.82. The summed E-state index contributed by atoms with van der Waals surface area (Å²) >= 11 is 0. The van der Waals surface area contributed by atoms with Gasteiger partial charge in [0.05, 0.1) is 24.0 Å². The first kappa shape index (κ1) is 28.3. The number of amides is 4. The first-order chi connectivity index (χ1) is 18.4. The Morgan fingerprint density at radius 1 is 1.15 bits per heavy atom. The number of rotatable bonds is 7. The van der Waals surface area contributed by atoms with Gasteiger partial charge in [0.25, 0.3) is 5.91 Å². The largest absolute Gasteiger partial charge is 0.573 e. The van der Waals surface area contributed by atoms with Crippen LogP contribution in [0.3, 0.4) is 0 Å². The summed E-state index contributed by atoms with van der Waals surface area (Å²) in [5.41, 5.74) is -0.820. The van der Waals surface area contributed by atoms with E-state index in [9.17, 15) is 27.6 Å². The van der Waals surface area contributed by atoms with Gasteiger partial charge in [-0.2, -0.15) is 0 Å². The summed E-state index contributed by atoms with van der Waals surface area (Å²) < 4.78 is 49.0. The highest BCUT2D eigenvalue weighted by atomic mass is 19.4. The van der Waals surface area contributed by atoms with E-state index in [0.29, 0.717) is 32.7 Å². The first-order valence-electron chi connectivity index (χ1n) is 12.5. The van der Waals surface area contributed by atoms with E-state index in [4.69, 9.17) is 4.74 Å². The molecule has 4 amide bonds. The fourth-order valence-electron chi connectivity index (χ4n) is 4.52. The number of hydrogen-bond acceptors (Lipinski definition) is 7. The fourth-order valence-corrected chi connectivity index (χ4v) is 4.52. The number of anilines is 2. The number of carbonyl (C=O) groups excluding carboxylic acids is 3. The van der Waals surface area contributed by atoms with Crippen LogP contribution < -0.4 is 15.0 Å². The van der Waals surface area contributed by atoms with E-state index in [-0.39, 0.29) is 17.9 Å². The van der Waals surface area contributed by atoms with Crippen molar-refractivity contribution in [3.8, 4) is 5.75 Å². The summed E-state index contributed by atoms with van der Waals surface area (Å²) in [5, 5.41) is 2.50. The Hall–Kier alpha value is -3.71. The van der Waals surface area contributed by atoms with Crippen molar-refractivity contribution in [2.75, 3.05) is 36.5 Å². The molecule has 1 N–H and O–H groups in total. The molecule has 0 radical (unpaired) electrons. The lowest BCUT2D eigenvalue weighted by Gasteiger charge is -2.27. The van der Waals surface area contributed by atoms with Crippen LogP contribution in [0.1, 0.15) is 32.8 Å². The molecule has 1 aromatic carbocycles. The Labute approximate surface area is 223 Å². The molecule has 1 atom stereocenters. The zero-order valence-electron chi connectivity index (χ0n) is 21.8. The highest BCUT2D eigenvalue weighted by Crippen LogP contribution is 2.38. The van der Waals surface area contributed by atoms with Crippen LogP contribution in [0.5, 0.6) is 5.75 Å². The van der Waals surface area contributed by atoms with Crippen molar-refractivity contribution in [3.63, 3.8) is 0 Å². The van der Waals surface area contributed by atoms with Crippen LogP contribution in [0.25, 0.3) is 0 Å². The normalized spacial score (nSPS) is 19.1. The Kier molecular flexibility index (Phi) is 8.12. The van der Waals surface area contributed by atoms with Crippen molar-refractivity contribution in [2.45, 2.75) is 51.7 Å². The van der Waals surface area contributed by atoms with Crippen LogP contribution in [0.4, 0.5) is 29.3 Å². The molecule has 4 rings (SSSR count). The Balaban J connectivity index is 1.63. The van der Waals surface area contributed by atoms with Crippen LogP contribution in [0.2, 0.25) is 0 Å². The molecule has 0 bridgehead atoms. The van der Waals surface area contributed by atoms with Crippen molar-refractivity contribution < 1.29 is 37.0 Å². The molecule has 0 spiro atoms. The summed E-state index contributed by atoms with van der Waals surface area (Å²) in [4.78, 5) is 47.9. The molecule has 13 heteroatoms. The predicted molar refractivity (Wildman–Crippen MR) is 135 cm³/mol. The molecule has 1 unspecified atom stereocenters. The molecule has 10 nitrogen and oxygen atoms in total. The number of carbonyl (C=O) groups is 3. The summed E-state index contributed by atoms with van der Waals surface area (Å²) in [5.74, 6) is -1.81. The zero-order valence-corrected chi connectivity index (χ0v) is 21.8. The molecule has 2 saturated heterocycles. The van der Waals surface area contributed by atoms with Crippen molar-refractivity contribution >= 4 is 29.2 Å². The molecule has 39 heavy (non-hydrogen) atoms. The van der Waals surface area contributed by atoms with E-state index in [1.165, 1.54) is 11.0 Å². The highest BCUT2D eigenvalue weighted by molar-refractivity contribution is 6.23. The molecule has 0 aliphatic carbocycles. The molecule has 2 aromatic rings. The number of nitrogens with zero attached hydrogens (tertiary/aromatic N) is 4. The van der Waals surface area contributed by atoms with Crippen LogP contribution in [-0.2, 0) is 20.9 Å². The Morgan fingerprint density at radius 3 is 2.56 bits per heavy atom. The zero-order chi connectivity index (χ0) is 28.4. The number of hydrogen-bond donors (Lipinski definition) is 1. The van der Waals surface area contributed by atoms with E-state index in [1.54, 1.807) is 45.3 Å². The lowest BCUT2D eigenvalue weighted by atomic mass is 10.0. The Bertz CT molecular complexity index is 1220. The van der Waals surface area contributed by atoms with Crippen LogP contribution in [0, 0.1) is 0 Å². The SMILES string of the molecule is CC(C(=O)Nc1cc(N2C(=O)N(Cc3ccncc3)C(C)(C)C2=O)ccc1OC(F)(F)F)N1CCCOCC1. The van der Waals surface area contributed by atoms with Gasteiger partial charge in [0.15, 0.2) is 5.75 Å². The van der Waals surface area contributed by atoms with Crippen molar-refractivity contribution in [1.82, 2.24) is 14.8 Å². The van der Waals surface area contributed by atoms with Gasteiger partial charge in [0.2, 0.25) is 5.91 Å². The minimum atomic E-state index is -5.03. The minimum Gasteiger partial charge on any atom is -0.404 e. The van der Waals surface area contributed by atoms with Gasteiger partial charge in [-0.05, 0) is 63.1 Å². The number of urea groups is 1. The van der Waals surface area contributed by atoms with Gasteiger partial charge in [0.1, 0.15) is 5.54 Å². The van der Waals surface area contributed by atoms with Crippen LogP contribution in [-0.4, -0.2) is 76.9 Å². The second kappa shape index (κ2) is 11.2. The van der Waals surface area contributed by atoms with E-state index in [1.807, 2.05) is 4.90 Å². The number of aromatic nitrogens is 1. The fraction of sp³-hybridized carbons (Fsp3) is 0.462. The van der Waals surface area contributed by atoms with Crippen molar-refractivity contribution in [1.29, 1.82) is 0 Å². The van der Waals surface area contributed by atoms with Gasteiger partial charge < -0.3 is 19.7 Å². The topological polar surface area (TPSA) is 104 Å². The van der Waals surface area contributed by atoms with Crippen molar-refractivity contribution in [3.05, 3.63) is 48.3 Å². The van der Waals surface area contributed by atoms with Gasteiger partial charge in [0, 0.05) is 38.6 Å². The number of pyridine rings is 1. The minimum absolute atomic E-state index is 0.00375. The number of imide groups is 1. The standard InChI is InChI=1S/C26H30F3N5O5/c1-17(32-11-4-13-38-14-12-32)22(35)31-20-15-19(5-6-21(20)39-26(27,28)29)34-23(36)25(2,3)33(24(34)37)16-18-7-9-30-10-8-18/h5-10,15,17H,4,11-14,16H2,1-3H3,(H,31,35). The number of nitrogens with one attached hydrogen (secondary N) is 1. The average molecular weight is 550 g/mol. The van der Waals surface area contributed by atoms with Gasteiger partial charge in [-0.25, -0.2) is 9.69 Å². The molecule has 210 valence electrons. The summed E-state index contributed by atoms with van der Waals surface area (Å²) in [6.07, 6.45) is -1.19. The maximum atomic E-state index is 13.4. The van der Waals surface area contributed by atoms with Gasteiger partial charge in [-0.3, -0.25) is 19.5 Å². The highest BCUT2D eigenvalue weighted by Gasteiger charge is 2.52. The molecule has 2 aliphatic heterocycles. The van der Waals surface area contributed by atoms with Gasteiger partial charge in [-0.1, -0.05) is 0 Å². The summed E-state index contributed by atoms with van der Waals surface area (Å²) in [6.45, 7) is 6.99. The van der Waals surface area contributed by atoms with Gasteiger partial charge >= 0.3 is 12.4 Å². The average Bonchev–Trinajstić information content (AvgIpc) is 3.08. The maximum absolute atomic E-state index is 13.4. The smallest absolute Gasteiger partial charge is 0.404 e. The van der Waals surface area contributed by atoms with E-state index in [0.717, 1.165) is 22.6 Å². The van der Waals surface area contributed by atoms with E-state index in [2.05, 4.69) is 15.0 Å². The van der Waals surface area contributed by atoms with Crippen LogP contribution >= 0.6 is 0 Å². The third kappa shape index (κ3) is 6.31. The molecular formula is C26H30F3N5O5. The lowest BCUT2D eigenvalue weighted by Crippen LogP contribution is -2.43. The van der Waals surface area contributed by atoms with E-state index < -0.39 is 41.5 Å². The monoisotopic (exact) mass is 549 g/mol. The molecule has 0 saturated carbocycles. The first-order valence-corrected chi connectivity index (χ1v) is 12.5. The lowest BCUT2D eigenvalue weighted by molar-refractivity contribution is -0.274. The molecule has 3 heterocycles. The van der Waals surface area contributed by atoms with Crippen LogP contribution in [0.15, 0.2) is 42.7 Å². The maximum Gasteiger partial charge on any atom is 0.573 e. The third-order valence-electron chi connectivity index (χ3n) is 6.80. The predicted octanol–water partition coefficient (Wildman–Crippen LogP) is 3.78. The Morgan fingerprint density at radius 2 is 1.87 bits per heavy atom. The number of alkyl halides is 3. The van der Waals surface area contributed by atoms with Crippen molar-refractivity contribution in [2.24, 2.45) is 0 Å². The molecule has 2 fully saturated rings. The summed E-state index contributed by atoms with van der Waals surface area (Å²) in [6, 6.07) is 5.38. The van der Waals surface area contributed by atoms with Gasteiger partial charge in [-0.15, -0.1) is 13.2 Å². The second-order valence-electron chi connectivity index (χ2n) is 9.82. The van der Waals surface area contributed by atoms with E-state index >= 15 is 0 Å². The summed E-state index contributed by atoms with van der Waals surface area (Å²) in [7, 11) is 0. The molecule has 1 aromatic heterocycles. The third-order valence-corrected chi connectivity index (χ3v) is 6.80.